The number of hydrogen-bond acceptors (Lipinski definition) is 1. The molecule has 18 heavy (non-hydrogen) atoms. The van der Waals surface area contributed by atoms with Crippen LogP contribution in [-0.4, -0.2) is 0 Å². The molecular formula is C16H17BrS. The van der Waals surface area contributed by atoms with Gasteiger partial charge < -0.3 is 0 Å². The van der Waals surface area contributed by atoms with Crippen molar-refractivity contribution in [2.75, 3.05) is 0 Å². The second-order valence-corrected chi connectivity index (χ2v) is 7.35. The first-order valence-electron chi connectivity index (χ1n) is 6.54. The number of thiophene rings is 1. The summed E-state index contributed by atoms with van der Waals surface area (Å²) in [6.45, 7) is 2.18. The third-order valence-corrected chi connectivity index (χ3v) is 6.32. The molecule has 1 aromatic carbocycles. The molecule has 0 aliphatic heterocycles. The Labute approximate surface area is 121 Å². The Balaban J connectivity index is 1.94. The summed E-state index contributed by atoms with van der Waals surface area (Å²) in [5.41, 5.74) is 3.10. The summed E-state index contributed by atoms with van der Waals surface area (Å²) in [7, 11) is 0. The molecule has 1 aliphatic carbocycles. The second kappa shape index (κ2) is 5.18. The lowest BCUT2D eigenvalue weighted by atomic mass is 9.81. The summed E-state index contributed by atoms with van der Waals surface area (Å²) < 4.78 is 0. The van der Waals surface area contributed by atoms with Gasteiger partial charge in [0.1, 0.15) is 0 Å². The molecule has 1 aliphatic rings. The Hall–Kier alpha value is -0.600. The predicted octanol–water partition coefficient (Wildman–Crippen LogP) is 5.61. The number of alkyl halides is 1. The average molecular weight is 321 g/mol. The van der Waals surface area contributed by atoms with Crippen LogP contribution in [0.1, 0.15) is 44.5 Å². The molecule has 0 saturated heterocycles. The van der Waals surface area contributed by atoms with Gasteiger partial charge in [0.15, 0.2) is 0 Å². The molecule has 0 amide bonds. The van der Waals surface area contributed by atoms with Gasteiger partial charge in [-0.3, -0.25) is 0 Å². The van der Waals surface area contributed by atoms with Gasteiger partial charge in [0.25, 0.3) is 0 Å². The van der Waals surface area contributed by atoms with Crippen LogP contribution in [-0.2, 0) is 6.42 Å². The molecular weight excluding hydrogens is 304 g/mol. The molecule has 0 bridgehead atoms. The van der Waals surface area contributed by atoms with Crippen LogP contribution in [0.4, 0.5) is 0 Å². The van der Waals surface area contributed by atoms with Crippen molar-refractivity contribution in [3.05, 3.63) is 57.3 Å². The van der Waals surface area contributed by atoms with Gasteiger partial charge in [-0.1, -0.05) is 40.2 Å². The van der Waals surface area contributed by atoms with E-state index in [1.54, 1.807) is 11.1 Å². The zero-order valence-electron chi connectivity index (χ0n) is 10.5. The highest BCUT2D eigenvalue weighted by Crippen LogP contribution is 2.46. The van der Waals surface area contributed by atoms with Gasteiger partial charge in [-0.05, 0) is 49.4 Å². The van der Waals surface area contributed by atoms with Crippen LogP contribution in [0, 0.1) is 6.92 Å². The Morgan fingerprint density at radius 3 is 2.83 bits per heavy atom. The van der Waals surface area contributed by atoms with Crippen molar-refractivity contribution in [2.24, 2.45) is 0 Å². The fourth-order valence-electron chi connectivity index (χ4n) is 2.90. The van der Waals surface area contributed by atoms with Crippen LogP contribution in [0.25, 0.3) is 0 Å². The number of hydrogen-bond donors (Lipinski definition) is 0. The van der Waals surface area contributed by atoms with Gasteiger partial charge in [0.05, 0.1) is 4.83 Å². The summed E-state index contributed by atoms with van der Waals surface area (Å²) in [4.78, 5) is 3.34. The zero-order chi connectivity index (χ0) is 12.5. The van der Waals surface area contributed by atoms with E-state index in [-0.39, 0.29) is 0 Å². The van der Waals surface area contributed by atoms with E-state index in [1.165, 1.54) is 29.0 Å². The number of benzene rings is 1. The van der Waals surface area contributed by atoms with Crippen molar-refractivity contribution in [3.63, 3.8) is 0 Å². The largest absolute Gasteiger partial charge is 0.145 e. The van der Waals surface area contributed by atoms with E-state index in [1.807, 2.05) is 11.3 Å². The molecule has 2 heteroatoms. The minimum absolute atomic E-state index is 0.470. The Morgan fingerprint density at radius 1 is 1.22 bits per heavy atom. The number of aryl methyl sites for hydroxylation is 2. The van der Waals surface area contributed by atoms with Crippen molar-refractivity contribution in [3.8, 4) is 0 Å². The first-order chi connectivity index (χ1) is 8.75. The van der Waals surface area contributed by atoms with Crippen molar-refractivity contribution in [1.82, 2.24) is 0 Å². The van der Waals surface area contributed by atoms with E-state index >= 15 is 0 Å². The molecule has 94 valence electrons. The lowest BCUT2D eigenvalue weighted by Crippen LogP contribution is -2.13. The van der Waals surface area contributed by atoms with Crippen LogP contribution in [0.2, 0.25) is 0 Å². The van der Waals surface area contributed by atoms with Gasteiger partial charge in [-0.2, -0.15) is 0 Å². The molecule has 2 aromatic rings. The average Bonchev–Trinajstić information content (AvgIpc) is 2.84. The summed E-state index contributed by atoms with van der Waals surface area (Å²) in [5, 5.41) is 0. The number of halogens is 1. The molecule has 0 nitrogen and oxygen atoms in total. The van der Waals surface area contributed by atoms with Crippen LogP contribution in [0.3, 0.4) is 0 Å². The topological polar surface area (TPSA) is 0 Å². The van der Waals surface area contributed by atoms with Crippen LogP contribution in [0.15, 0.2) is 36.4 Å². The molecule has 0 N–H and O–H groups in total. The van der Waals surface area contributed by atoms with E-state index in [9.17, 15) is 0 Å². The third kappa shape index (κ3) is 2.28. The van der Waals surface area contributed by atoms with Gasteiger partial charge in [0, 0.05) is 15.7 Å². The van der Waals surface area contributed by atoms with Crippen LogP contribution < -0.4 is 0 Å². The van der Waals surface area contributed by atoms with Crippen molar-refractivity contribution in [1.29, 1.82) is 0 Å². The molecule has 1 heterocycles. The molecule has 0 spiro atoms. The molecule has 0 radical (unpaired) electrons. The molecule has 2 unspecified atom stereocenters. The lowest BCUT2D eigenvalue weighted by molar-refractivity contribution is 0.550. The van der Waals surface area contributed by atoms with E-state index < -0.39 is 0 Å². The van der Waals surface area contributed by atoms with Gasteiger partial charge in [0.2, 0.25) is 0 Å². The lowest BCUT2D eigenvalue weighted by Gasteiger charge is -2.28. The smallest absolute Gasteiger partial charge is 0.0557 e. The molecule has 0 saturated carbocycles. The number of rotatable bonds is 2. The minimum atomic E-state index is 0.470. The SMILES string of the molecule is Cc1ccc(C(Br)C2CCCc3ccccc32)s1. The van der Waals surface area contributed by atoms with Gasteiger partial charge in [-0.25, -0.2) is 0 Å². The predicted molar refractivity (Wildman–Crippen MR) is 82.8 cm³/mol. The fourth-order valence-corrected chi connectivity index (χ4v) is 4.80. The first kappa shape index (κ1) is 12.4. The monoisotopic (exact) mass is 320 g/mol. The third-order valence-electron chi connectivity index (χ3n) is 3.80. The maximum absolute atomic E-state index is 3.94. The summed E-state index contributed by atoms with van der Waals surface area (Å²) in [6, 6.07) is 13.4. The number of fused-ring (bicyclic) bond motifs is 1. The Kier molecular flexibility index (Phi) is 3.58. The highest BCUT2D eigenvalue weighted by molar-refractivity contribution is 9.09. The highest BCUT2D eigenvalue weighted by atomic mass is 79.9. The second-order valence-electron chi connectivity index (χ2n) is 5.05. The maximum atomic E-state index is 3.94. The molecule has 3 rings (SSSR count). The normalized spacial score (nSPS) is 20.4. The van der Waals surface area contributed by atoms with E-state index in [2.05, 4.69) is 59.3 Å². The maximum Gasteiger partial charge on any atom is 0.0557 e. The standard InChI is InChI=1S/C16H17BrS/c1-11-9-10-15(18-11)16(17)14-8-4-6-12-5-2-3-7-13(12)14/h2-3,5,7,9-10,14,16H,4,6,8H2,1H3. The van der Waals surface area contributed by atoms with Crippen molar-refractivity contribution >= 4 is 27.3 Å². The fraction of sp³-hybridized carbons (Fsp3) is 0.375. The summed E-state index contributed by atoms with van der Waals surface area (Å²) in [6.07, 6.45) is 3.86. The van der Waals surface area contributed by atoms with Crippen LogP contribution in [0.5, 0.6) is 0 Å². The highest BCUT2D eigenvalue weighted by Gasteiger charge is 2.27. The van der Waals surface area contributed by atoms with Gasteiger partial charge in [-0.15, -0.1) is 11.3 Å². The van der Waals surface area contributed by atoms with Crippen LogP contribution >= 0.6 is 27.3 Å². The van der Waals surface area contributed by atoms with Crippen molar-refractivity contribution < 1.29 is 0 Å². The molecule has 2 atom stereocenters. The van der Waals surface area contributed by atoms with Gasteiger partial charge >= 0.3 is 0 Å². The molecule has 1 aromatic heterocycles. The quantitative estimate of drug-likeness (QED) is 0.630. The zero-order valence-corrected chi connectivity index (χ0v) is 12.9. The first-order valence-corrected chi connectivity index (χ1v) is 8.27. The Morgan fingerprint density at radius 2 is 2.06 bits per heavy atom. The van der Waals surface area contributed by atoms with E-state index in [0.29, 0.717) is 10.7 Å². The Bertz CT molecular complexity index is 544. The minimum Gasteiger partial charge on any atom is -0.145 e. The van der Waals surface area contributed by atoms with Crippen molar-refractivity contribution in [2.45, 2.75) is 36.9 Å². The van der Waals surface area contributed by atoms with E-state index in [0.717, 1.165) is 0 Å². The molecule has 0 fully saturated rings. The van der Waals surface area contributed by atoms with E-state index in [4.69, 9.17) is 0 Å². The summed E-state index contributed by atoms with van der Waals surface area (Å²) >= 11 is 5.86. The summed E-state index contributed by atoms with van der Waals surface area (Å²) in [5.74, 6) is 0.632.